The van der Waals surface area contributed by atoms with E-state index in [0.717, 1.165) is 17.8 Å². The van der Waals surface area contributed by atoms with Crippen LogP contribution in [0, 0.1) is 0 Å². The predicted octanol–water partition coefficient (Wildman–Crippen LogP) is 2.28. The number of rotatable bonds is 7. The van der Waals surface area contributed by atoms with Crippen LogP contribution >= 0.6 is 11.6 Å². The Balaban J connectivity index is 1.55. The highest BCUT2D eigenvalue weighted by Crippen LogP contribution is 2.29. The van der Waals surface area contributed by atoms with Crippen molar-refractivity contribution in [3.63, 3.8) is 0 Å². The van der Waals surface area contributed by atoms with Crippen molar-refractivity contribution in [2.75, 3.05) is 33.8 Å². The first kappa shape index (κ1) is 19.2. The van der Waals surface area contributed by atoms with E-state index in [1.807, 2.05) is 24.3 Å². The van der Waals surface area contributed by atoms with Crippen molar-refractivity contribution in [1.82, 2.24) is 18.8 Å². The molecule has 3 rings (SSSR count). The van der Waals surface area contributed by atoms with Crippen molar-refractivity contribution < 1.29 is 13.2 Å². The first-order valence-electron chi connectivity index (χ1n) is 8.47. The van der Waals surface area contributed by atoms with E-state index >= 15 is 0 Å². The molecule has 0 bridgehead atoms. The van der Waals surface area contributed by atoms with Crippen LogP contribution in [0.25, 0.3) is 0 Å². The third-order valence-corrected chi connectivity index (χ3v) is 6.69. The molecule has 1 atom stereocenters. The van der Waals surface area contributed by atoms with Crippen molar-refractivity contribution >= 4 is 21.8 Å². The molecule has 0 spiro atoms. The van der Waals surface area contributed by atoms with Crippen LogP contribution in [0.2, 0.25) is 5.02 Å². The van der Waals surface area contributed by atoms with Gasteiger partial charge in [-0.15, -0.1) is 0 Å². The molecule has 1 aliphatic rings. The lowest BCUT2D eigenvalue weighted by atomic mass is 10.0. The van der Waals surface area contributed by atoms with Crippen LogP contribution in [0.1, 0.15) is 23.7 Å². The Morgan fingerprint density at radius 2 is 2.15 bits per heavy atom. The normalized spacial score (nSPS) is 18.5. The van der Waals surface area contributed by atoms with Gasteiger partial charge in [0.15, 0.2) is 0 Å². The molecule has 142 valence electrons. The number of aromatic nitrogens is 2. The second kappa shape index (κ2) is 7.96. The van der Waals surface area contributed by atoms with Crippen LogP contribution in [0.3, 0.4) is 0 Å². The number of hydrogen-bond acceptors (Lipinski definition) is 4. The summed E-state index contributed by atoms with van der Waals surface area (Å²) in [7, 11) is -0.264. The summed E-state index contributed by atoms with van der Waals surface area (Å²) in [6.07, 6.45) is 1.44. The lowest BCUT2D eigenvalue weighted by Crippen LogP contribution is -2.38. The van der Waals surface area contributed by atoms with Crippen LogP contribution in [0.4, 0.5) is 0 Å². The minimum Gasteiger partial charge on any atom is -0.492 e. The van der Waals surface area contributed by atoms with Gasteiger partial charge in [0, 0.05) is 45.2 Å². The van der Waals surface area contributed by atoms with Gasteiger partial charge < -0.3 is 4.74 Å². The molecule has 0 saturated carbocycles. The van der Waals surface area contributed by atoms with E-state index in [9.17, 15) is 8.42 Å². The van der Waals surface area contributed by atoms with Gasteiger partial charge in [-0.25, -0.2) is 0 Å². The molecule has 0 amide bonds. The van der Waals surface area contributed by atoms with E-state index in [1.54, 1.807) is 20.2 Å². The lowest BCUT2D eigenvalue weighted by molar-refractivity contribution is 0.320. The Morgan fingerprint density at radius 3 is 2.88 bits per heavy atom. The first-order valence-corrected chi connectivity index (χ1v) is 10.2. The zero-order valence-corrected chi connectivity index (χ0v) is 16.4. The molecule has 1 aliphatic heterocycles. The number of nitrogens with one attached hydrogen (secondary N) is 1. The van der Waals surface area contributed by atoms with Gasteiger partial charge in [-0.05, 0) is 24.6 Å². The molecule has 1 unspecified atom stereocenters. The number of nitrogens with zero attached hydrogens (tertiary/aromatic N) is 3. The summed E-state index contributed by atoms with van der Waals surface area (Å²) in [5.41, 5.74) is 1.86. The molecule has 7 nitrogen and oxygen atoms in total. The summed E-state index contributed by atoms with van der Waals surface area (Å²) in [6, 6.07) is 9.35. The lowest BCUT2D eigenvalue weighted by Gasteiger charge is -2.20. The molecule has 1 aromatic carbocycles. The molecule has 1 N–H and O–H groups in total. The van der Waals surface area contributed by atoms with Gasteiger partial charge in [0.05, 0.1) is 17.3 Å². The first-order chi connectivity index (χ1) is 12.4. The van der Waals surface area contributed by atoms with E-state index < -0.39 is 10.2 Å². The summed E-state index contributed by atoms with van der Waals surface area (Å²) in [5.74, 6) is 0.772. The molecule has 2 aromatic rings. The second-order valence-electron chi connectivity index (χ2n) is 6.48. The van der Waals surface area contributed by atoms with E-state index in [1.165, 1.54) is 8.61 Å². The number of para-hydroxylation sites is 1. The van der Waals surface area contributed by atoms with Crippen molar-refractivity contribution in [3.8, 4) is 5.75 Å². The highest BCUT2D eigenvalue weighted by Gasteiger charge is 2.34. The SMILES string of the molecule is CN(C)S(=O)(=O)N1CCC(c2cc(CCOc3ccccc3Cl)[nH]n2)C1. The molecular weight excluding hydrogens is 376 g/mol. The molecular formula is C17H23ClN4O3S. The minimum atomic E-state index is -3.36. The smallest absolute Gasteiger partial charge is 0.281 e. The van der Waals surface area contributed by atoms with E-state index in [2.05, 4.69) is 10.2 Å². The number of benzene rings is 1. The molecule has 1 saturated heterocycles. The van der Waals surface area contributed by atoms with Crippen LogP contribution in [0.5, 0.6) is 5.75 Å². The topological polar surface area (TPSA) is 78.5 Å². The second-order valence-corrected chi connectivity index (χ2v) is 9.03. The zero-order valence-electron chi connectivity index (χ0n) is 14.9. The average molecular weight is 399 g/mol. The molecule has 26 heavy (non-hydrogen) atoms. The molecule has 0 radical (unpaired) electrons. The minimum absolute atomic E-state index is 0.110. The van der Waals surface area contributed by atoms with Crippen LogP contribution in [-0.2, 0) is 16.6 Å². The Labute approximate surface area is 159 Å². The largest absolute Gasteiger partial charge is 0.492 e. The summed E-state index contributed by atoms with van der Waals surface area (Å²) >= 11 is 6.07. The van der Waals surface area contributed by atoms with Gasteiger partial charge in [-0.2, -0.15) is 22.1 Å². The number of halogens is 1. The van der Waals surface area contributed by atoms with Gasteiger partial charge in [0.2, 0.25) is 0 Å². The Bertz CT molecular complexity index is 853. The Morgan fingerprint density at radius 1 is 1.38 bits per heavy atom. The summed E-state index contributed by atoms with van der Waals surface area (Å²) in [5, 5.41) is 7.97. The fourth-order valence-corrected chi connectivity index (χ4v) is 4.32. The highest BCUT2D eigenvalue weighted by atomic mass is 35.5. The van der Waals surface area contributed by atoms with Gasteiger partial charge in [-0.1, -0.05) is 23.7 Å². The average Bonchev–Trinajstić information content (AvgIpc) is 3.25. The van der Waals surface area contributed by atoms with Crippen LogP contribution in [0.15, 0.2) is 30.3 Å². The van der Waals surface area contributed by atoms with E-state index in [0.29, 0.717) is 36.9 Å². The molecule has 0 aliphatic carbocycles. The maximum absolute atomic E-state index is 12.2. The van der Waals surface area contributed by atoms with Crippen LogP contribution < -0.4 is 4.74 Å². The summed E-state index contributed by atoms with van der Waals surface area (Å²) in [4.78, 5) is 0. The zero-order chi connectivity index (χ0) is 18.7. The van der Waals surface area contributed by atoms with Crippen molar-refractivity contribution in [2.45, 2.75) is 18.8 Å². The third-order valence-electron chi connectivity index (χ3n) is 4.47. The number of hydrogen-bond donors (Lipinski definition) is 1. The Hall–Kier alpha value is -1.61. The van der Waals surface area contributed by atoms with Gasteiger partial charge in [0.1, 0.15) is 5.75 Å². The maximum atomic E-state index is 12.2. The predicted molar refractivity (Wildman–Crippen MR) is 101 cm³/mol. The van der Waals surface area contributed by atoms with E-state index in [4.69, 9.17) is 16.3 Å². The monoisotopic (exact) mass is 398 g/mol. The molecule has 2 heterocycles. The number of ether oxygens (including phenoxy) is 1. The van der Waals surface area contributed by atoms with Crippen molar-refractivity contribution in [3.05, 3.63) is 46.7 Å². The molecule has 1 fully saturated rings. The summed E-state index contributed by atoms with van der Waals surface area (Å²) in [6.45, 7) is 1.46. The molecule has 1 aromatic heterocycles. The van der Waals surface area contributed by atoms with Gasteiger partial charge >= 0.3 is 0 Å². The van der Waals surface area contributed by atoms with Gasteiger partial charge in [0.25, 0.3) is 10.2 Å². The number of aromatic amines is 1. The maximum Gasteiger partial charge on any atom is 0.281 e. The summed E-state index contributed by atoms with van der Waals surface area (Å²) < 4.78 is 32.9. The van der Waals surface area contributed by atoms with E-state index in [-0.39, 0.29) is 5.92 Å². The Kier molecular flexibility index (Phi) is 5.86. The highest BCUT2D eigenvalue weighted by molar-refractivity contribution is 7.86. The molecule has 9 heteroatoms. The van der Waals surface area contributed by atoms with Crippen LogP contribution in [-0.4, -0.2) is 61.0 Å². The van der Waals surface area contributed by atoms with Crippen molar-refractivity contribution in [1.29, 1.82) is 0 Å². The third kappa shape index (κ3) is 4.20. The van der Waals surface area contributed by atoms with Crippen molar-refractivity contribution in [2.24, 2.45) is 0 Å². The van der Waals surface area contributed by atoms with Gasteiger partial charge in [-0.3, -0.25) is 5.10 Å². The fraction of sp³-hybridized carbons (Fsp3) is 0.471. The number of H-pyrrole nitrogens is 1. The quantitative estimate of drug-likeness (QED) is 0.776. The standard InChI is InChI=1S/C17H23ClN4O3S/c1-21(2)26(23,24)22-9-7-13(12-22)16-11-14(19-20-16)8-10-25-17-6-4-3-5-15(17)18/h3-6,11,13H,7-10,12H2,1-2H3,(H,19,20). The fourth-order valence-electron chi connectivity index (χ4n) is 2.96.